The molecule has 0 spiro atoms. The maximum absolute atomic E-state index is 2.58. The van der Waals surface area contributed by atoms with Crippen LogP contribution in [0.15, 0.2) is 158 Å². The van der Waals surface area contributed by atoms with Crippen molar-refractivity contribution in [2.45, 2.75) is 52.4 Å². The van der Waals surface area contributed by atoms with Crippen LogP contribution in [0.4, 0.5) is 0 Å². The van der Waals surface area contributed by atoms with E-state index in [9.17, 15) is 0 Å². The third-order valence-electron chi connectivity index (χ3n) is 13.3. The summed E-state index contributed by atoms with van der Waals surface area (Å²) >= 11 is 0. The minimum Gasteiger partial charge on any atom is -0.0622 e. The topological polar surface area (TPSA) is 0 Å². The number of benzene rings is 11. The average Bonchev–Trinajstić information content (AvgIpc) is 3.55. The summed E-state index contributed by atoms with van der Waals surface area (Å²) in [4.78, 5) is 0. The van der Waals surface area contributed by atoms with Gasteiger partial charge in [-0.1, -0.05) is 169 Å². The van der Waals surface area contributed by atoms with Crippen LogP contribution in [-0.2, 0) is 10.8 Å². The van der Waals surface area contributed by atoms with E-state index in [1.807, 2.05) is 0 Å². The van der Waals surface area contributed by atoms with E-state index in [2.05, 4.69) is 199 Å². The molecule has 0 aliphatic heterocycles. The van der Waals surface area contributed by atoms with Gasteiger partial charge in [0.2, 0.25) is 0 Å². The second-order valence-electron chi connectivity index (χ2n) is 18.9. The third-order valence-corrected chi connectivity index (χ3v) is 13.3. The lowest BCUT2D eigenvalue weighted by molar-refractivity contribution is 0.591. The summed E-state index contributed by atoms with van der Waals surface area (Å²) in [7, 11) is 0. The van der Waals surface area contributed by atoms with E-state index >= 15 is 0 Å². The minimum atomic E-state index is -0.0332. The van der Waals surface area contributed by atoms with Crippen molar-refractivity contribution in [3.05, 3.63) is 169 Å². The fourth-order valence-electron chi connectivity index (χ4n) is 10.5. The van der Waals surface area contributed by atoms with Crippen LogP contribution >= 0.6 is 0 Å². The lowest BCUT2D eigenvalue weighted by atomic mass is 9.76. The van der Waals surface area contributed by atoms with Crippen molar-refractivity contribution in [3.8, 4) is 44.5 Å². The molecule has 0 fully saturated rings. The normalized spacial score (nSPS) is 13.0. The molecule has 11 aromatic carbocycles. The molecular weight excluding hydrogens is 697 g/mol. The highest BCUT2D eigenvalue weighted by Crippen LogP contribution is 2.57. The van der Waals surface area contributed by atoms with Crippen LogP contribution in [0.3, 0.4) is 0 Å². The van der Waals surface area contributed by atoms with Crippen molar-refractivity contribution < 1.29 is 0 Å². The quantitative estimate of drug-likeness (QED) is 0.122. The Bertz CT molecular complexity index is 3530. The Balaban J connectivity index is 1.42. The van der Waals surface area contributed by atoms with E-state index in [0.717, 1.165) is 0 Å². The number of hydrogen-bond donors (Lipinski definition) is 0. The monoisotopic (exact) mass is 740 g/mol. The first kappa shape index (κ1) is 33.6. The van der Waals surface area contributed by atoms with Gasteiger partial charge in [0.05, 0.1) is 0 Å². The van der Waals surface area contributed by atoms with E-state index in [1.165, 1.54) is 131 Å². The van der Waals surface area contributed by atoms with Crippen LogP contribution < -0.4 is 0 Å². The van der Waals surface area contributed by atoms with Crippen molar-refractivity contribution in [2.75, 3.05) is 0 Å². The van der Waals surface area contributed by atoms with Crippen molar-refractivity contribution in [1.82, 2.24) is 0 Å². The van der Waals surface area contributed by atoms with Gasteiger partial charge >= 0.3 is 0 Å². The molecule has 0 heteroatoms. The molecule has 0 saturated carbocycles. The Labute approximate surface area is 339 Å². The first-order valence-electron chi connectivity index (χ1n) is 20.8. The zero-order valence-corrected chi connectivity index (χ0v) is 34.0. The molecule has 0 bridgehead atoms. The highest BCUT2D eigenvalue weighted by molar-refractivity contribution is 6.42. The van der Waals surface area contributed by atoms with Crippen molar-refractivity contribution >= 4 is 75.4 Å². The van der Waals surface area contributed by atoms with Gasteiger partial charge in [0.1, 0.15) is 0 Å². The Morgan fingerprint density at radius 1 is 0.276 bits per heavy atom. The molecule has 0 saturated heterocycles. The van der Waals surface area contributed by atoms with Gasteiger partial charge in [0.15, 0.2) is 0 Å². The van der Waals surface area contributed by atoms with Crippen LogP contribution in [-0.4, -0.2) is 0 Å². The SMILES string of the molecule is CC(C)(C)c1cc2ccc3cc(C(C)(C)C)cc4c5c(-c6ccccc6)c6cc7c(cc6c(-c6ccccc6)c5c(c1)c2c34)-c1cccc2cc3ccccc3c-7c12. The molecule has 11 aromatic rings. The highest BCUT2D eigenvalue weighted by atomic mass is 14.3. The van der Waals surface area contributed by atoms with Crippen molar-refractivity contribution in [1.29, 1.82) is 0 Å². The Morgan fingerprint density at radius 3 is 1.31 bits per heavy atom. The standard InChI is InChI=1S/C58H44/c1-57(2,3)39-27-37-24-25-38-28-40(58(4,5)6)30-48-53(38)52(37)47(29-39)55-49(33-16-9-7-10-17-33)45-31-43-42-23-15-21-36-26-35-20-13-14-22-41(35)54(51(36)42)44(43)32-46(45)50(56(48)55)34-18-11-8-12-19-34/h7-32H,1-6H3. The summed E-state index contributed by atoms with van der Waals surface area (Å²) in [6.07, 6.45) is 0. The van der Waals surface area contributed by atoms with E-state index in [1.54, 1.807) is 0 Å². The molecule has 1 aliphatic rings. The van der Waals surface area contributed by atoms with E-state index in [-0.39, 0.29) is 10.8 Å². The second-order valence-corrected chi connectivity index (χ2v) is 18.9. The number of rotatable bonds is 2. The molecule has 0 N–H and O–H groups in total. The summed E-state index contributed by atoms with van der Waals surface area (Å²) in [5.74, 6) is 0. The Hall–Kier alpha value is -6.50. The maximum atomic E-state index is 2.58. The van der Waals surface area contributed by atoms with Gasteiger partial charge in [-0.25, -0.2) is 0 Å². The molecule has 0 atom stereocenters. The number of hydrogen-bond acceptors (Lipinski definition) is 0. The molecule has 276 valence electrons. The first-order chi connectivity index (χ1) is 28.0. The minimum absolute atomic E-state index is 0.0315. The van der Waals surface area contributed by atoms with Crippen LogP contribution in [0.25, 0.3) is 120 Å². The maximum Gasteiger partial charge on any atom is -0.000730 e. The second kappa shape index (κ2) is 11.6. The molecular formula is C58H44. The summed E-state index contributed by atoms with van der Waals surface area (Å²) < 4.78 is 0. The van der Waals surface area contributed by atoms with Gasteiger partial charge < -0.3 is 0 Å². The molecule has 0 radical (unpaired) electrons. The largest absolute Gasteiger partial charge is 0.0622 e. The lowest BCUT2D eigenvalue weighted by Crippen LogP contribution is -2.12. The van der Waals surface area contributed by atoms with Gasteiger partial charge in [0, 0.05) is 0 Å². The summed E-state index contributed by atoms with van der Waals surface area (Å²) in [6, 6.07) is 60.6. The summed E-state index contributed by atoms with van der Waals surface area (Å²) in [6.45, 7) is 14.1. The molecule has 0 heterocycles. The number of fused-ring (bicyclic) bond motifs is 9. The molecule has 0 nitrogen and oxygen atoms in total. The molecule has 0 unspecified atom stereocenters. The van der Waals surface area contributed by atoms with Crippen LogP contribution in [0.2, 0.25) is 0 Å². The zero-order valence-electron chi connectivity index (χ0n) is 34.0. The Morgan fingerprint density at radius 2 is 0.759 bits per heavy atom. The fourth-order valence-corrected chi connectivity index (χ4v) is 10.5. The van der Waals surface area contributed by atoms with Gasteiger partial charge in [0.25, 0.3) is 0 Å². The highest BCUT2D eigenvalue weighted by Gasteiger charge is 2.30. The summed E-state index contributed by atoms with van der Waals surface area (Å²) in [5, 5.41) is 18.6. The van der Waals surface area contributed by atoms with E-state index in [4.69, 9.17) is 0 Å². The van der Waals surface area contributed by atoms with Gasteiger partial charge in [-0.15, -0.1) is 0 Å². The molecule has 12 rings (SSSR count). The van der Waals surface area contributed by atoms with E-state index in [0.29, 0.717) is 0 Å². The van der Waals surface area contributed by atoms with Crippen LogP contribution in [0.5, 0.6) is 0 Å². The van der Waals surface area contributed by atoms with Gasteiger partial charge in [-0.3, -0.25) is 0 Å². The van der Waals surface area contributed by atoms with Crippen molar-refractivity contribution in [3.63, 3.8) is 0 Å². The average molecular weight is 741 g/mol. The predicted octanol–water partition coefficient (Wildman–Crippen LogP) is 16.8. The third kappa shape index (κ3) is 4.58. The lowest BCUT2D eigenvalue weighted by Gasteiger charge is -2.27. The molecule has 1 aliphatic carbocycles. The smallest absolute Gasteiger partial charge is 0.000730 e. The first-order valence-corrected chi connectivity index (χ1v) is 20.8. The fraction of sp³-hybridized carbons (Fsp3) is 0.138. The predicted molar refractivity (Wildman–Crippen MR) is 253 cm³/mol. The molecule has 0 aromatic heterocycles. The summed E-state index contributed by atoms with van der Waals surface area (Å²) in [5.41, 5.74) is 13.1. The van der Waals surface area contributed by atoms with Crippen LogP contribution in [0, 0.1) is 0 Å². The Kier molecular flexibility index (Phi) is 6.70. The molecule has 58 heavy (non-hydrogen) atoms. The molecule has 0 amide bonds. The van der Waals surface area contributed by atoms with Gasteiger partial charge in [-0.2, -0.15) is 0 Å². The van der Waals surface area contributed by atoms with Crippen LogP contribution in [0.1, 0.15) is 52.7 Å². The van der Waals surface area contributed by atoms with Crippen molar-refractivity contribution in [2.24, 2.45) is 0 Å². The van der Waals surface area contributed by atoms with Gasteiger partial charge in [-0.05, 0) is 172 Å². The zero-order chi connectivity index (χ0) is 39.2. The van der Waals surface area contributed by atoms with E-state index < -0.39 is 0 Å².